The molecule has 0 spiro atoms. The van der Waals surface area contributed by atoms with Gasteiger partial charge >= 0.3 is 6.18 Å². The minimum Gasteiger partial charge on any atom is -0.497 e. The topological polar surface area (TPSA) is 39.4 Å². The highest BCUT2D eigenvalue weighted by molar-refractivity contribution is 5.61. The third-order valence-electron chi connectivity index (χ3n) is 3.07. The van der Waals surface area contributed by atoms with Crippen LogP contribution in [0.2, 0.25) is 0 Å². The number of ether oxygens (including phenoxy) is 1. The van der Waals surface area contributed by atoms with E-state index in [1.54, 1.807) is 28.8 Å². The van der Waals surface area contributed by atoms with Crippen LogP contribution in [-0.2, 0) is 6.18 Å². The molecule has 21 heavy (non-hydrogen) atoms. The minimum absolute atomic E-state index is 0.346. The molecule has 0 amide bonds. The van der Waals surface area contributed by atoms with Crippen LogP contribution in [0.4, 0.5) is 13.2 Å². The van der Waals surface area contributed by atoms with Crippen LogP contribution in [0.25, 0.3) is 17.0 Å². The van der Waals surface area contributed by atoms with Gasteiger partial charge in [0, 0.05) is 17.8 Å². The molecule has 0 unspecified atom stereocenters. The van der Waals surface area contributed by atoms with E-state index in [4.69, 9.17) is 4.74 Å². The third-order valence-corrected chi connectivity index (χ3v) is 3.07. The van der Waals surface area contributed by atoms with Crippen LogP contribution in [0, 0.1) is 0 Å². The monoisotopic (exact) mass is 293 g/mol. The van der Waals surface area contributed by atoms with Crippen molar-refractivity contribution in [2.24, 2.45) is 0 Å². The second-order valence-corrected chi connectivity index (χ2v) is 4.40. The summed E-state index contributed by atoms with van der Waals surface area (Å²) in [6.45, 7) is 0. The lowest BCUT2D eigenvalue weighted by atomic mass is 10.1. The Morgan fingerprint density at radius 3 is 2.62 bits per heavy atom. The van der Waals surface area contributed by atoms with Gasteiger partial charge in [-0.15, -0.1) is 10.2 Å². The van der Waals surface area contributed by atoms with Gasteiger partial charge in [-0.25, -0.2) is 0 Å². The summed E-state index contributed by atoms with van der Waals surface area (Å²) in [5.41, 5.74) is 0.134. The maximum atomic E-state index is 12.8. The lowest BCUT2D eigenvalue weighted by molar-refractivity contribution is -0.137. The van der Waals surface area contributed by atoms with Gasteiger partial charge in [0.15, 0.2) is 11.5 Å². The average Bonchev–Trinajstić information content (AvgIpc) is 2.89. The number of hydrogen-bond donors (Lipinski definition) is 0. The van der Waals surface area contributed by atoms with Gasteiger partial charge < -0.3 is 4.74 Å². The third kappa shape index (κ3) is 2.42. The number of pyridine rings is 1. The van der Waals surface area contributed by atoms with Crippen molar-refractivity contribution in [1.82, 2.24) is 14.6 Å². The van der Waals surface area contributed by atoms with E-state index in [2.05, 4.69) is 10.2 Å². The van der Waals surface area contributed by atoms with Gasteiger partial charge in [0.1, 0.15) is 5.75 Å². The standard InChI is InChI=1S/C14H10F3N3O/c1-21-11-5-6-20-12(8-11)18-19-13(20)9-3-2-4-10(7-9)14(15,16)17/h2-8H,1H3. The van der Waals surface area contributed by atoms with Crippen molar-refractivity contribution in [1.29, 1.82) is 0 Å². The predicted octanol–water partition coefficient (Wildman–Crippen LogP) is 3.42. The van der Waals surface area contributed by atoms with E-state index in [-0.39, 0.29) is 0 Å². The first-order chi connectivity index (χ1) is 9.99. The molecule has 0 aliphatic rings. The molecule has 0 atom stereocenters. The lowest BCUT2D eigenvalue weighted by Gasteiger charge is -2.08. The smallest absolute Gasteiger partial charge is 0.416 e. The molecule has 0 bridgehead atoms. The van der Waals surface area contributed by atoms with E-state index >= 15 is 0 Å². The van der Waals surface area contributed by atoms with Crippen LogP contribution in [0.3, 0.4) is 0 Å². The quantitative estimate of drug-likeness (QED) is 0.726. The first-order valence-corrected chi connectivity index (χ1v) is 6.05. The van der Waals surface area contributed by atoms with Crippen molar-refractivity contribution in [3.63, 3.8) is 0 Å². The van der Waals surface area contributed by atoms with Crippen molar-refractivity contribution in [3.8, 4) is 17.1 Å². The zero-order valence-corrected chi connectivity index (χ0v) is 10.9. The second kappa shape index (κ2) is 4.76. The minimum atomic E-state index is -4.39. The van der Waals surface area contributed by atoms with Gasteiger partial charge in [-0.1, -0.05) is 12.1 Å². The molecule has 0 saturated carbocycles. The van der Waals surface area contributed by atoms with Gasteiger partial charge in [-0.3, -0.25) is 4.40 Å². The van der Waals surface area contributed by atoms with E-state index in [1.807, 2.05) is 0 Å². The van der Waals surface area contributed by atoms with Crippen LogP contribution in [0.1, 0.15) is 5.56 Å². The number of benzene rings is 1. The molecular formula is C14H10F3N3O. The molecule has 3 aromatic rings. The molecular weight excluding hydrogens is 283 g/mol. The zero-order chi connectivity index (χ0) is 15.0. The zero-order valence-electron chi connectivity index (χ0n) is 10.9. The van der Waals surface area contributed by atoms with Crippen molar-refractivity contribution in [3.05, 3.63) is 48.2 Å². The predicted molar refractivity (Wildman–Crippen MR) is 70.0 cm³/mol. The molecule has 2 aromatic heterocycles. The number of methoxy groups -OCH3 is 1. The van der Waals surface area contributed by atoms with Crippen molar-refractivity contribution in [2.75, 3.05) is 7.11 Å². The fourth-order valence-electron chi connectivity index (χ4n) is 2.03. The Labute approximate surface area is 117 Å². The number of nitrogens with zero attached hydrogens (tertiary/aromatic N) is 3. The van der Waals surface area contributed by atoms with E-state index in [0.29, 0.717) is 22.8 Å². The SMILES string of the molecule is COc1ccn2c(-c3cccc(C(F)(F)F)c3)nnc2c1. The van der Waals surface area contributed by atoms with Crippen LogP contribution >= 0.6 is 0 Å². The Morgan fingerprint density at radius 1 is 1.10 bits per heavy atom. The van der Waals surface area contributed by atoms with Crippen LogP contribution in [0.15, 0.2) is 42.6 Å². The van der Waals surface area contributed by atoms with Gasteiger partial charge in [0.05, 0.1) is 12.7 Å². The van der Waals surface area contributed by atoms with Gasteiger partial charge in [-0.05, 0) is 18.2 Å². The molecule has 108 valence electrons. The Kier molecular flexibility index (Phi) is 3.04. The summed E-state index contributed by atoms with van der Waals surface area (Å²) < 4.78 is 45.0. The fourth-order valence-corrected chi connectivity index (χ4v) is 2.03. The molecule has 1 aromatic carbocycles. The first-order valence-electron chi connectivity index (χ1n) is 6.05. The molecule has 7 heteroatoms. The summed E-state index contributed by atoms with van der Waals surface area (Å²) in [5.74, 6) is 0.948. The number of alkyl halides is 3. The number of hydrogen-bond acceptors (Lipinski definition) is 3. The molecule has 0 fully saturated rings. The molecule has 0 N–H and O–H groups in total. The summed E-state index contributed by atoms with van der Waals surface area (Å²) in [6, 6.07) is 8.34. The van der Waals surface area contributed by atoms with Crippen LogP contribution < -0.4 is 4.74 Å². The summed E-state index contributed by atoms with van der Waals surface area (Å²) >= 11 is 0. The molecule has 0 saturated heterocycles. The fraction of sp³-hybridized carbons (Fsp3) is 0.143. The maximum absolute atomic E-state index is 12.8. The molecule has 2 heterocycles. The number of aromatic nitrogens is 3. The van der Waals surface area contributed by atoms with Gasteiger partial charge in [0.25, 0.3) is 0 Å². The summed E-state index contributed by atoms with van der Waals surface area (Å²) in [4.78, 5) is 0. The molecule has 3 rings (SSSR count). The highest BCUT2D eigenvalue weighted by Crippen LogP contribution is 2.32. The van der Waals surface area contributed by atoms with Crippen LogP contribution in [-0.4, -0.2) is 21.7 Å². The summed E-state index contributed by atoms with van der Waals surface area (Å²) in [7, 11) is 1.52. The first kappa shape index (κ1) is 13.4. The normalized spacial score (nSPS) is 11.8. The largest absolute Gasteiger partial charge is 0.497 e. The average molecular weight is 293 g/mol. The van der Waals surface area contributed by atoms with E-state index in [1.165, 1.54) is 13.2 Å². The van der Waals surface area contributed by atoms with E-state index in [0.717, 1.165) is 12.1 Å². The van der Waals surface area contributed by atoms with Crippen molar-refractivity contribution >= 4 is 5.65 Å². The lowest BCUT2D eigenvalue weighted by Crippen LogP contribution is -2.04. The summed E-state index contributed by atoms with van der Waals surface area (Å²) in [5, 5.41) is 7.90. The maximum Gasteiger partial charge on any atom is 0.416 e. The van der Waals surface area contributed by atoms with E-state index < -0.39 is 11.7 Å². The Balaban J connectivity index is 2.13. The Bertz CT molecular complexity index is 796. The van der Waals surface area contributed by atoms with Crippen LogP contribution in [0.5, 0.6) is 5.75 Å². The van der Waals surface area contributed by atoms with E-state index in [9.17, 15) is 13.2 Å². The molecule has 0 radical (unpaired) electrons. The molecule has 4 nitrogen and oxygen atoms in total. The second-order valence-electron chi connectivity index (χ2n) is 4.40. The summed E-state index contributed by atoms with van der Waals surface area (Å²) in [6.07, 6.45) is -2.73. The van der Waals surface area contributed by atoms with Gasteiger partial charge in [0.2, 0.25) is 0 Å². The number of rotatable bonds is 2. The Morgan fingerprint density at radius 2 is 1.90 bits per heavy atom. The van der Waals surface area contributed by atoms with Crippen molar-refractivity contribution < 1.29 is 17.9 Å². The number of fused-ring (bicyclic) bond motifs is 1. The molecule has 0 aliphatic heterocycles. The van der Waals surface area contributed by atoms with Crippen molar-refractivity contribution in [2.45, 2.75) is 6.18 Å². The number of halogens is 3. The molecule has 0 aliphatic carbocycles. The Hall–Kier alpha value is -2.57. The van der Waals surface area contributed by atoms with Gasteiger partial charge in [-0.2, -0.15) is 13.2 Å². The highest BCUT2D eigenvalue weighted by Gasteiger charge is 2.30. The highest BCUT2D eigenvalue weighted by atomic mass is 19.4.